The monoisotopic (exact) mass is 144 g/mol. The topological polar surface area (TPSA) is 55.1 Å². The van der Waals surface area contributed by atoms with Crippen molar-refractivity contribution < 1.29 is 4.79 Å². The fourth-order valence-electron chi connectivity index (χ4n) is 0.794. The van der Waals surface area contributed by atoms with E-state index in [0.717, 1.165) is 32.2 Å². The van der Waals surface area contributed by atoms with Gasteiger partial charge < -0.3 is 11.1 Å². The minimum atomic E-state index is 0.295. The molecule has 0 aromatic rings. The molecule has 3 heteroatoms. The molecule has 0 bridgehead atoms. The van der Waals surface area contributed by atoms with Crippen molar-refractivity contribution in [1.29, 1.82) is 0 Å². The second kappa shape index (κ2) is 6.55. The Kier molecular flexibility index (Phi) is 6.18. The quantitative estimate of drug-likeness (QED) is 0.415. The number of hydrogen-bond acceptors (Lipinski definition) is 2. The van der Waals surface area contributed by atoms with E-state index in [0.29, 0.717) is 6.04 Å². The summed E-state index contributed by atoms with van der Waals surface area (Å²) >= 11 is 0. The molecule has 0 aromatic carbocycles. The number of rotatable bonds is 6. The summed E-state index contributed by atoms with van der Waals surface area (Å²) in [6.45, 7) is 2.73. The van der Waals surface area contributed by atoms with E-state index >= 15 is 0 Å². The fraction of sp³-hybridized carbons (Fsp3) is 0.857. The zero-order valence-electron chi connectivity index (χ0n) is 6.47. The van der Waals surface area contributed by atoms with Gasteiger partial charge in [-0.15, -0.1) is 0 Å². The summed E-state index contributed by atoms with van der Waals surface area (Å²) in [4.78, 5) is 9.91. The Morgan fingerprint density at radius 1 is 1.60 bits per heavy atom. The molecule has 3 nitrogen and oxygen atoms in total. The van der Waals surface area contributed by atoms with Gasteiger partial charge in [0.15, 0.2) is 0 Å². The van der Waals surface area contributed by atoms with E-state index in [9.17, 15) is 4.79 Å². The highest BCUT2D eigenvalue weighted by molar-refractivity contribution is 5.46. The molecule has 0 aromatic heterocycles. The molecule has 0 rings (SSSR count). The average molecular weight is 144 g/mol. The van der Waals surface area contributed by atoms with Gasteiger partial charge in [0.25, 0.3) is 0 Å². The van der Waals surface area contributed by atoms with Gasteiger partial charge in [0.05, 0.1) is 0 Å². The van der Waals surface area contributed by atoms with Gasteiger partial charge in [-0.05, 0) is 26.3 Å². The number of carbonyl (C=O) groups excluding carboxylic acids is 1. The minimum absolute atomic E-state index is 0.295. The molecule has 0 aliphatic heterocycles. The number of unbranched alkanes of at least 4 members (excludes halogenated alkanes) is 1. The third-order valence-corrected chi connectivity index (χ3v) is 1.44. The lowest BCUT2D eigenvalue weighted by Crippen LogP contribution is -2.24. The number of nitrogens with two attached hydrogens (primary N) is 1. The van der Waals surface area contributed by atoms with E-state index in [1.165, 1.54) is 0 Å². The van der Waals surface area contributed by atoms with E-state index in [4.69, 9.17) is 5.73 Å². The lowest BCUT2D eigenvalue weighted by atomic mass is 10.1. The third kappa shape index (κ3) is 5.56. The van der Waals surface area contributed by atoms with E-state index in [1.807, 2.05) is 6.92 Å². The zero-order valence-corrected chi connectivity index (χ0v) is 6.47. The molecule has 0 saturated heterocycles. The molecule has 60 valence electrons. The van der Waals surface area contributed by atoms with Gasteiger partial charge >= 0.3 is 0 Å². The molecule has 0 heterocycles. The van der Waals surface area contributed by atoms with Crippen molar-refractivity contribution in [3.63, 3.8) is 0 Å². The first-order valence-electron chi connectivity index (χ1n) is 3.71. The molecule has 3 N–H and O–H groups in total. The molecule has 10 heavy (non-hydrogen) atoms. The van der Waals surface area contributed by atoms with Crippen LogP contribution in [-0.2, 0) is 4.79 Å². The van der Waals surface area contributed by atoms with Gasteiger partial charge in [-0.1, -0.05) is 6.42 Å². The first kappa shape index (κ1) is 9.43. The summed E-state index contributed by atoms with van der Waals surface area (Å²) < 4.78 is 0. The van der Waals surface area contributed by atoms with Crippen LogP contribution in [-0.4, -0.2) is 19.0 Å². The average Bonchev–Trinajstić information content (AvgIpc) is 1.89. The Hall–Kier alpha value is -0.570. The summed E-state index contributed by atoms with van der Waals surface area (Å²) in [5.74, 6) is 0. The number of carbonyl (C=O) groups is 1. The molecular formula is C7H16N2O. The van der Waals surface area contributed by atoms with Crippen LogP contribution in [0.4, 0.5) is 0 Å². The smallest absolute Gasteiger partial charge is 0.207 e. The molecule has 0 spiro atoms. The van der Waals surface area contributed by atoms with Crippen LogP contribution in [0, 0.1) is 0 Å². The van der Waals surface area contributed by atoms with Crippen molar-refractivity contribution in [3.8, 4) is 0 Å². The van der Waals surface area contributed by atoms with Gasteiger partial charge in [-0.3, -0.25) is 4.79 Å². The second-order valence-corrected chi connectivity index (χ2v) is 2.47. The molecule has 0 saturated carbocycles. The van der Waals surface area contributed by atoms with E-state index in [1.54, 1.807) is 0 Å². The van der Waals surface area contributed by atoms with Crippen molar-refractivity contribution in [2.24, 2.45) is 5.73 Å². The predicted octanol–water partition coefficient (Wildman–Crippen LogP) is 0.250. The number of amides is 1. The number of nitrogens with one attached hydrogen (secondary N) is 1. The van der Waals surface area contributed by atoms with Crippen LogP contribution < -0.4 is 11.1 Å². The highest BCUT2D eigenvalue weighted by Crippen LogP contribution is 1.97. The maximum Gasteiger partial charge on any atom is 0.207 e. The Bertz CT molecular complexity index is 85.7. The van der Waals surface area contributed by atoms with Gasteiger partial charge in [0.1, 0.15) is 0 Å². The normalized spacial score (nSPS) is 12.6. The predicted molar refractivity (Wildman–Crippen MR) is 41.6 cm³/mol. The van der Waals surface area contributed by atoms with Gasteiger partial charge in [0.2, 0.25) is 6.41 Å². The molecule has 1 unspecified atom stereocenters. The van der Waals surface area contributed by atoms with Crippen molar-refractivity contribution in [3.05, 3.63) is 0 Å². The van der Waals surface area contributed by atoms with Crippen LogP contribution in [0.25, 0.3) is 0 Å². The molecule has 1 atom stereocenters. The Morgan fingerprint density at radius 2 is 2.30 bits per heavy atom. The standard InChI is InChI=1S/C7H16N2O/c1-7(9-6-10)4-2-3-5-8/h6-7H,2-5,8H2,1H3,(H,9,10). The van der Waals surface area contributed by atoms with Crippen LogP contribution >= 0.6 is 0 Å². The summed E-state index contributed by atoms with van der Waals surface area (Å²) in [6, 6.07) is 0.295. The van der Waals surface area contributed by atoms with Crippen LogP contribution in [0.1, 0.15) is 26.2 Å². The summed E-state index contributed by atoms with van der Waals surface area (Å²) in [5, 5.41) is 2.68. The molecule has 0 fully saturated rings. The highest BCUT2D eigenvalue weighted by atomic mass is 16.1. The summed E-state index contributed by atoms with van der Waals surface area (Å²) in [6.07, 6.45) is 3.91. The first-order valence-corrected chi connectivity index (χ1v) is 3.71. The van der Waals surface area contributed by atoms with Gasteiger partial charge in [-0.2, -0.15) is 0 Å². The molecule has 1 amide bonds. The zero-order chi connectivity index (χ0) is 7.82. The molecule has 0 aliphatic rings. The molecule has 0 radical (unpaired) electrons. The maximum absolute atomic E-state index is 9.91. The van der Waals surface area contributed by atoms with Crippen molar-refractivity contribution in [2.45, 2.75) is 32.2 Å². The largest absolute Gasteiger partial charge is 0.356 e. The SMILES string of the molecule is CC(CCCCN)NC=O. The minimum Gasteiger partial charge on any atom is -0.356 e. The summed E-state index contributed by atoms with van der Waals surface area (Å²) in [5.41, 5.74) is 5.30. The van der Waals surface area contributed by atoms with Crippen LogP contribution in [0.3, 0.4) is 0 Å². The lowest BCUT2D eigenvalue weighted by Gasteiger charge is -2.07. The first-order chi connectivity index (χ1) is 4.81. The van der Waals surface area contributed by atoms with Crippen molar-refractivity contribution in [2.75, 3.05) is 6.54 Å². The molecule has 0 aliphatic carbocycles. The summed E-state index contributed by atoms with van der Waals surface area (Å²) in [7, 11) is 0. The van der Waals surface area contributed by atoms with E-state index < -0.39 is 0 Å². The van der Waals surface area contributed by atoms with Crippen LogP contribution in [0.5, 0.6) is 0 Å². The maximum atomic E-state index is 9.91. The van der Waals surface area contributed by atoms with E-state index in [-0.39, 0.29) is 0 Å². The Labute approximate surface area is 62.0 Å². The Balaban J connectivity index is 3.04. The van der Waals surface area contributed by atoms with Crippen molar-refractivity contribution in [1.82, 2.24) is 5.32 Å². The van der Waals surface area contributed by atoms with Gasteiger partial charge in [0, 0.05) is 6.04 Å². The van der Waals surface area contributed by atoms with Crippen molar-refractivity contribution >= 4 is 6.41 Å². The van der Waals surface area contributed by atoms with E-state index in [2.05, 4.69) is 5.32 Å². The van der Waals surface area contributed by atoms with Crippen LogP contribution in [0.2, 0.25) is 0 Å². The lowest BCUT2D eigenvalue weighted by molar-refractivity contribution is -0.110. The number of hydrogen-bond donors (Lipinski definition) is 2. The third-order valence-electron chi connectivity index (χ3n) is 1.44. The van der Waals surface area contributed by atoms with Crippen LogP contribution in [0.15, 0.2) is 0 Å². The molecular weight excluding hydrogens is 128 g/mol. The highest BCUT2D eigenvalue weighted by Gasteiger charge is 1.96. The Morgan fingerprint density at radius 3 is 2.80 bits per heavy atom. The van der Waals surface area contributed by atoms with Gasteiger partial charge in [-0.25, -0.2) is 0 Å². The second-order valence-electron chi connectivity index (χ2n) is 2.47. The fourth-order valence-corrected chi connectivity index (χ4v) is 0.794.